The standard InChI is InChI=1S/C32H36N8OS/c1-19-27(23-7-5-21(14-33)6-8-23)20(2)40(39-19)31(3,4)29(37-17-34)38-28-24-9-22-10-25(28)13-32(11-22,12-24)30(41)36-16-26-15-35-18-42-26/h5-8,15,18,22,24-25,28H,9-13,16H2,1-4H3,(H,36,41)(H,37,38). The summed E-state index contributed by atoms with van der Waals surface area (Å²) in [6.07, 6.45) is 8.75. The van der Waals surface area contributed by atoms with E-state index in [1.165, 1.54) is 0 Å². The summed E-state index contributed by atoms with van der Waals surface area (Å²) >= 11 is 1.56. The minimum Gasteiger partial charge on any atom is -0.351 e. The number of nitrogens with one attached hydrogen (secondary N) is 2. The molecule has 4 fully saturated rings. The molecule has 2 atom stereocenters. The third-order valence-corrected chi connectivity index (χ3v) is 10.5. The molecule has 4 aliphatic rings. The summed E-state index contributed by atoms with van der Waals surface area (Å²) < 4.78 is 1.96. The van der Waals surface area contributed by atoms with E-state index in [4.69, 9.17) is 10.1 Å². The number of hydrogen-bond donors (Lipinski definition) is 2. The van der Waals surface area contributed by atoms with Gasteiger partial charge in [0.2, 0.25) is 5.91 Å². The zero-order valence-electron chi connectivity index (χ0n) is 24.5. The number of amides is 1. The molecule has 216 valence electrons. The van der Waals surface area contributed by atoms with E-state index in [1.807, 2.05) is 62.8 Å². The zero-order valence-corrected chi connectivity index (χ0v) is 25.3. The van der Waals surface area contributed by atoms with Gasteiger partial charge in [0.1, 0.15) is 11.4 Å². The number of carbonyl (C=O) groups excluding carboxylic acids is 1. The molecule has 2 heterocycles. The topological polar surface area (TPSA) is 132 Å². The van der Waals surface area contributed by atoms with E-state index >= 15 is 0 Å². The van der Waals surface area contributed by atoms with E-state index in [0.717, 1.165) is 59.5 Å². The third kappa shape index (κ3) is 4.78. The lowest BCUT2D eigenvalue weighted by Crippen LogP contribution is -2.58. The number of nitriles is 2. The van der Waals surface area contributed by atoms with Gasteiger partial charge in [0.15, 0.2) is 6.19 Å². The monoisotopic (exact) mass is 580 g/mol. The number of nitrogens with zero attached hydrogens (tertiary/aromatic N) is 6. The quantitative estimate of drug-likeness (QED) is 0.171. The molecule has 7 rings (SSSR count). The number of carbonyl (C=O) groups is 1. The van der Waals surface area contributed by atoms with Gasteiger partial charge in [-0.15, -0.1) is 11.3 Å². The van der Waals surface area contributed by atoms with Crippen molar-refractivity contribution in [2.24, 2.45) is 28.2 Å². The van der Waals surface area contributed by atoms with Crippen molar-refractivity contribution in [1.82, 2.24) is 25.4 Å². The van der Waals surface area contributed by atoms with E-state index in [2.05, 4.69) is 27.9 Å². The Kier molecular flexibility index (Phi) is 7.14. The van der Waals surface area contributed by atoms with Gasteiger partial charge in [-0.3, -0.25) is 24.8 Å². The second kappa shape index (κ2) is 10.7. The SMILES string of the molecule is Cc1nn(C(C)(C)C(=NC2C3CC4CC2CC(C(=O)NCc2cncs2)(C4)C3)NC#N)c(C)c1-c1ccc(C#N)cc1. The summed E-state index contributed by atoms with van der Waals surface area (Å²) in [4.78, 5) is 24.1. The predicted molar refractivity (Wildman–Crippen MR) is 161 cm³/mol. The Morgan fingerprint density at radius 1 is 1.17 bits per heavy atom. The maximum Gasteiger partial charge on any atom is 0.226 e. The largest absolute Gasteiger partial charge is 0.351 e. The average Bonchev–Trinajstić information content (AvgIpc) is 3.60. The fourth-order valence-corrected chi connectivity index (χ4v) is 8.67. The lowest BCUT2D eigenvalue weighted by Gasteiger charge is -2.58. The summed E-state index contributed by atoms with van der Waals surface area (Å²) in [5.74, 6) is 1.95. The van der Waals surface area contributed by atoms with Crippen molar-refractivity contribution in [2.75, 3.05) is 0 Å². The van der Waals surface area contributed by atoms with Gasteiger partial charge in [-0.25, -0.2) is 0 Å². The molecule has 4 aliphatic carbocycles. The number of amidine groups is 1. The van der Waals surface area contributed by atoms with Crippen LogP contribution in [0.3, 0.4) is 0 Å². The fraction of sp³-hybridized carbons (Fsp3) is 0.500. The van der Waals surface area contributed by atoms with Crippen LogP contribution in [0.25, 0.3) is 11.1 Å². The van der Waals surface area contributed by atoms with E-state index in [0.29, 0.717) is 35.7 Å². The first-order chi connectivity index (χ1) is 20.1. The molecule has 0 radical (unpaired) electrons. The minimum atomic E-state index is -0.714. The Morgan fingerprint density at radius 2 is 1.88 bits per heavy atom. The van der Waals surface area contributed by atoms with Crippen LogP contribution in [0.4, 0.5) is 0 Å². The van der Waals surface area contributed by atoms with Gasteiger partial charge >= 0.3 is 0 Å². The average molecular weight is 581 g/mol. The molecule has 0 spiro atoms. The van der Waals surface area contributed by atoms with Crippen molar-refractivity contribution in [2.45, 2.75) is 77.9 Å². The molecule has 1 aromatic carbocycles. The number of aliphatic imine (C=N–C) groups is 1. The lowest BCUT2D eigenvalue weighted by molar-refractivity contribution is -0.148. The van der Waals surface area contributed by atoms with Crippen LogP contribution in [-0.4, -0.2) is 32.5 Å². The first-order valence-electron chi connectivity index (χ1n) is 14.6. The Bertz CT molecular complexity index is 1590. The van der Waals surface area contributed by atoms with Crippen LogP contribution in [0.5, 0.6) is 0 Å². The molecule has 1 amide bonds. The first kappa shape index (κ1) is 28.1. The summed E-state index contributed by atoms with van der Waals surface area (Å²) in [5.41, 5.74) is 5.24. The van der Waals surface area contributed by atoms with Crippen molar-refractivity contribution < 1.29 is 4.79 Å². The van der Waals surface area contributed by atoms with Crippen molar-refractivity contribution >= 4 is 23.1 Å². The van der Waals surface area contributed by atoms with Crippen LogP contribution >= 0.6 is 11.3 Å². The summed E-state index contributed by atoms with van der Waals surface area (Å²) in [6.45, 7) is 8.64. The van der Waals surface area contributed by atoms with Crippen LogP contribution < -0.4 is 10.6 Å². The Labute approximate surface area is 250 Å². The first-order valence-corrected chi connectivity index (χ1v) is 15.5. The highest BCUT2D eigenvalue weighted by molar-refractivity contribution is 7.09. The van der Waals surface area contributed by atoms with Crippen molar-refractivity contribution in [3.05, 3.63) is 57.8 Å². The normalized spacial score (nSPS) is 26.5. The number of hydrogen-bond acceptors (Lipinski definition) is 7. The Balaban J connectivity index is 1.27. The highest BCUT2D eigenvalue weighted by Crippen LogP contribution is 2.61. The molecule has 42 heavy (non-hydrogen) atoms. The van der Waals surface area contributed by atoms with Crippen molar-refractivity contribution in [3.63, 3.8) is 0 Å². The molecule has 3 aromatic rings. The van der Waals surface area contributed by atoms with Crippen molar-refractivity contribution in [1.29, 1.82) is 10.5 Å². The highest BCUT2D eigenvalue weighted by Gasteiger charge is 2.58. The number of aromatic nitrogens is 3. The van der Waals surface area contributed by atoms with Gasteiger partial charge in [0.05, 0.1) is 40.8 Å². The molecule has 0 saturated heterocycles. The molecular weight excluding hydrogens is 544 g/mol. The molecule has 2 unspecified atom stereocenters. The number of benzene rings is 1. The van der Waals surface area contributed by atoms with Gasteiger partial charge < -0.3 is 5.32 Å². The molecule has 9 nitrogen and oxygen atoms in total. The maximum atomic E-state index is 13.5. The number of rotatable bonds is 7. The molecule has 10 heteroatoms. The number of thiazole rings is 1. The molecule has 0 aliphatic heterocycles. The van der Waals surface area contributed by atoms with E-state index in [-0.39, 0.29) is 17.4 Å². The van der Waals surface area contributed by atoms with Crippen LogP contribution in [0.1, 0.15) is 67.8 Å². The second-order valence-corrected chi connectivity index (χ2v) is 13.8. The highest BCUT2D eigenvalue weighted by atomic mass is 32.1. The Hall–Kier alpha value is -4.02. The number of aryl methyl sites for hydroxylation is 1. The van der Waals surface area contributed by atoms with Crippen molar-refractivity contribution in [3.8, 4) is 23.4 Å². The fourth-order valence-electron chi connectivity index (χ4n) is 8.13. The lowest BCUT2D eigenvalue weighted by atomic mass is 9.47. The van der Waals surface area contributed by atoms with Crippen LogP contribution in [0, 0.1) is 59.8 Å². The summed E-state index contributed by atoms with van der Waals surface area (Å²) in [5, 5.41) is 30.1. The zero-order chi connectivity index (χ0) is 29.6. The van der Waals surface area contributed by atoms with Gasteiger partial charge in [0, 0.05) is 22.3 Å². The molecule has 4 saturated carbocycles. The van der Waals surface area contributed by atoms with E-state index < -0.39 is 5.54 Å². The van der Waals surface area contributed by atoms with Gasteiger partial charge in [-0.05, 0) is 95.2 Å². The molecule has 2 aromatic heterocycles. The summed E-state index contributed by atoms with van der Waals surface area (Å²) in [7, 11) is 0. The van der Waals surface area contributed by atoms with Gasteiger partial charge in [0.25, 0.3) is 0 Å². The van der Waals surface area contributed by atoms with Crippen LogP contribution in [0.15, 0.2) is 41.0 Å². The molecule has 2 N–H and O–H groups in total. The predicted octanol–water partition coefficient (Wildman–Crippen LogP) is 5.21. The van der Waals surface area contributed by atoms with Crippen LogP contribution in [-0.2, 0) is 16.9 Å². The van der Waals surface area contributed by atoms with Crippen LogP contribution in [0.2, 0.25) is 0 Å². The molecule has 4 bridgehead atoms. The Morgan fingerprint density at radius 3 is 2.50 bits per heavy atom. The van der Waals surface area contributed by atoms with Gasteiger partial charge in [-0.1, -0.05) is 12.1 Å². The summed E-state index contributed by atoms with van der Waals surface area (Å²) in [6, 6.07) is 9.78. The molecular formula is C32H36N8OS. The minimum absolute atomic E-state index is 0.0639. The van der Waals surface area contributed by atoms with Gasteiger partial charge in [-0.2, -0.15) is 15.6 Å². The second-order valence-electron chi connectivity index (χ2n) is 12.8. The van der Waals surface area contributed by atoms with E-state index in [1.54, 1.807) is 16.8 Å². The van der Waals surface area contributed by atoms with E-state index in [9.17, 15) is 15.3 Å². The smallest absolute Gasteiger partial charge is 0.226 e. The third-order valence-electron chi connectivity index (χ3n) is 9.77. The maximum absolute atomic E-state index is 13.5.